The number of rotatable bonds is 7. The highest BCUT2D eigenvalue weighted by molar-refractivity contribution is 5.75. The van der Waals surface area contributed by atoms with Crippen molar-refractivity contribution in [2.75, 3.05) is 6.54 Å². The number of nitrogens with two attached hydrogens (primary N) is 1. The summed E-state index contributed by atoms with van der Waals surface area (Å²) in [4.78, 5) is 11.1. The Morgan fingerprint density at radius 2 is 2.15 bits per heavy atom. The predicted molar refractivity (Wildman–Crippen MR) is 55.4 cm³/mol. The molecule has 78 valence electrons. The van der Waals surface area contributed by atoms with Gasteiger partial charge in [-0.1, -0.05) is 13.3 Å². The molecular weight excluding hydrogens is 164 g/mol. The van der Waals surface area contributed by atoms with Gasteiger partial charge in [0.1, 0.15) is 0 Å². The number of carbonyl (C=O) groups is 1. The minimum atomic E-state index is 0.161. The van der Waals surface area contributed by atoms with Crippen LogP contribution in [0.4, 0.5) is 0 Å². The summed E-state index contributed by atoms with van der Waals surface area (Å²) in [5.74, 6) is 0.161. The van der Waals surface area contributed by atoms with Crippen LogP contribution in [-0.2, 0) is 4.79 Å². The third kappa shape index (κ3) is 9.34. The van der Waals surface area contributed by atoms with Crippen LogP contribution in [0.15, 0.2) is 0 Å². The van der Waals surface area contributed by atoms with Crippen molar-refractivity contribution in [3.8, 4) is 0 Å². The molecule has 1 atom stereocenters. The second-order valence-corrected chi connectivity index (χ2v) is 3.57. The quantitative estimate of drug-likeness (QED) is 0.591. The Bertz CT molecular complexity index is 135. The molecule has 3 nitrogen and oxygen atoms in total. The van der Waals surface area contributed by atoms with E-state index >= 15 is 0 Å². The largest absolute Gasteiger partial charge is 0.356 e. The summed E-state index contributed by atoms with van der Waals surface area (Å²) in [6.45, 7) is 4.89. The van der Waals surface area contributed by atoms with Gasteiger partial charge in [0.2, 0.25) is 5.91 Å². The lowest BCUT2D eigenvalue weighted by Gasteiger charge is -2.05. The van der Waals surface area contributed by atoms with Gasteiger partial charge in [-0.2, -0.15) is 0 Å². The van der Waals surface area contributed by atoms with Crippen molar-refractivity contribution >= 4 is 5.91 Å². The summed E-state index contributed by atoms with van der Waals surface area (Å²) >= 11 is 0. The molecule has 0 aromatic carbocycles. The zero-order valence-electron chi connectivity index (χ0n) is 8.81. The second kappa shape index (κ2) is 8.05. The summed E-state index contributed by atoms with van der Waals surface area (Å²) < 4.78 is 0. The zero-order chi connectivity index (χ0) is 10.1. The molecule has 0 aliphatic rings. The van der Waals surface area contributed by atoms with E-state index in [0.29, 0.717) is 6.42 Å². The summed E-state index contributed by atoms with van der Waals surface area (Å²) in [6, 6.07) is 0.212. The number of unbranched alkanes of at least 4 members (excludes halogenated alkanes) is 1. The van der Waals surface area contributed by atoms with Gasteiger partial charge < -0.3 is 11.1 Å². The van der Waals surface area contributed by atoms with E-state index in [1.807, 2.05) is 6.92 Å². The lowest BCUT2D eigenvalue weighted by atomic mass is 10.1. The number of amides is 1. The second-order valence-electron chi connectivity index (χ2n) is 3.57. The molecule has 0 aliphatic carbocycles. The van der Waals surface area contributed by atoms with E-state index in [9.17, 15) is 4.79 Å². The molecule has 0 spiro atoms. The van der Waals surface area contributed by atoms with Crippen LogP contribution in [0.25, 0.3) is 0 Å². The predicted octanol–water partition coefficient (Wildman–Crippen LogP) is 1.42. The van der Waals surface area contributed by atoms with Gasteiger partial charge in [-0.05, 0) is 26.2 Å². The average molecular weight is 186 g/mol. The first kappa shape index (κ1) is 12.4. The molecule has 13 heavy (non-hydrogen) atoms. The molecular formula is C10H22N2O. The Morgan fingerprint density at radius 1 is 1.46 bits per heavy atom. The maximum absolute atomic E-state index is 11.1. The monoisotopic (exact) mass is 186 g/mol. The van der Waals surface area contributed by atoms with Gasteiger partial charge in [0.05, 0.1) is 0 Å². The van der Waals surface area contributed by atoms with Crippen LogP contribution in [0, 0.1) is 0 Å². The topological polar surface area (TPSA) is 55.1 Å². The van der Waals surface area contributed by atoms with E-state index in [4.69, 9.17) is 5.73 Å². The molecule has 0 fully saturated rings. The lowest BCUT2D eigenvalue weighted by molar-refractivity contribution is -0.121. The maximum atomic E-state index is 11.1. The fourth-order valence-corrected chi connectivity index (χ4v) is 1.08. The minimum Gasteiger partial charge on any atom is -0.356 e. The molecule has 0 heterocycles. The first-order chi connectivity index (χ1) is 6.16. The van der Waals surface area contributed by atoms with Crippen LogP contribution in [-0.4, -0.2) is 18.5 Å². The molecule has 0 saturated heterocycles. The van der Waals surface area contributed by atoms with E-state index < -0.39 is 0 Å². The lowest BCUT2D eigenvalue weighted by Crippen LogP contribution is -2.24. The molecule has 1 unspecified atom stereocenters. The first-order valence-corrected chi connectivity index (χ1v) is 5.19. The highest BCUT2D eigenvalue weighted by Gasteiger charge is 2.00. The van der Waals surface area contributed by atoms with Gasteiger partial charge in [0.25, 0.3) is 0 Å². The molecule has 0 aromatic rings. The highest BCUT2D eigenvalue weighted by atomic mass is 16.1. The maximum Gasteiger partial charge on any atom is 0.219 e. The number of nitrogens with one attached hydrogen (secondary N) is 1. The Kier molecular flexibility index (Phi) is 7.69. The van der Waals surface area contributed by atoms with Crippen LogP contribution < -0.4 is 11.1 Å². The van der Waals surface area contributed by atoms with E-state index in [-0.39, 0.29) is 11.9 Å². The van der Waals surface area contributed by atoms with Crippen molar-refractivity contribution in [3.63, 3.8) is 0 Å². The van der Waals surface area contributed by atoms with E-state index in [1.165, 1.54) is 0 Å². The zero-order valence-corrected chi connectivity index (χ0v) is 8.81. The fourth-order valence-electron chi connectivity index (χ4n) is 1.08. The third-order valence-corrected chi connectivity index (χ3v) is 1.92. The van der Waals surface area contributed by atoms with Crippen LogP contribution in [0.5, 0.6) is 0 Å². The Labute approximate surface area is 81.1 Å². The third-order valence-electron chi connectivity index (χ3n) is 1.92. The summed E-state index contributed by atoms with van der Waals surface area (Å²) in [6.07, 6.45) is 4.64. The fraction of sp³-hybridized carbons (Fsp3) is 0.900. The van der Waals surface area contributed by atoms with Crippen molar-refractivity contribution in [1.82, 2.24) is 5.32 Å². The summed E-state index contributed by atoms with van der Waals surface area (Å²) in [5.41, 5.74) is 5.57. The van der Waals surface area contributed by atoms with E-state index in [1.54, 1.807) is 0 Å². The molecule has 3 heteroatoms. The van der Waals surface area contributed by atoms with Crippen molar-refractivity contribution in [3.05, 3.63) is 0 Å². The van der Waals surface area contributed by atoms with Crippen molar-refractivity contribution in [1.29, 1.82) is 0 Å². The first-order valence-electron chi connectivity index (χ1n) is 5.19. The number of carbonyl (C=O) groups excluding carboxylic acids is 1. The van der Waals surface area contributed by atoms with Crippen LogP contribution in [0.2, 0.25) is 0 Å². The highest BCUT2D eigenvalue weighted by Crippen LogP contribution is 1.98. The van der Waals surface area contributed by atoms with Gasteiger partial charge in [-0.25, -0.2) is 0 Å². The molecule has 0 radical (unpaired) electrons. The van der Waals surface area contributed by atoms with Gasteiger partial charge in [-0.15, -0.1) is 0 Å². The Balaban J connectivity index is 3.20. The minimum absolute atomic E-state index is 0.161. The Morgan fingerprint density at radius 3 is 2.69 bits per heavy atom. The van der Waals surface area contributed by atoms with Crippen LogP contribution in [0.1, 0.15) is 46.0 Å². The molecule has 1 amide bonds. The molecule has 0 bridgehead atoms. The summed E-state index contributed by atoms with van der Waals surface area (Å²) in [5, 5.41) is 2.88. The van der Waals surface area contributed by atoms with Gasteiger partial charge in [0.15, 0.2) is 0 Å². The molecule has 0 aliphatic heterocycles. The Hall–Kier alpha value is -0.570. The number of hydrogen-bond donors (Lipinski definition) is 2. The van der Waals surface area contributed by atoms with E-state index in [2.05, 4.69) is 12.2 Å². The van der Waals surface area contributed by atoms with Crippen LogP contribution in [0.3, 0.4) is 0 Å². The molecule has 3 N–H and O–H groups in total. The molecule has 0 saturated carbocycles. The van der Waals surface area contributed by atoms with Crippen molar-refractivity contribution in [2.24, 2.45) is 5.73 Å². The van der Waals surface area contributed by atoms with Crippen molar-refractivity contribution in [2.45, 2.75) is 52.0 Å². The number of hydrogen-bond acceptors (Lipinski definition) is 2. The van der Waals surface area contributed by atoms with Crippen LogP contribution >= 0.6 is 0 Å². The van der Waals surface area contributed by atoms with Gasteiger partial charge in [-0.3, -0.25) is 4.79 Å². The average Bonchev–Trinajstić information content (AvgIpc) is 2.04. The standard InChI is InChI=1S/C10H22N2O/c1-3-4-8-12-10(13)7-5-6-9(2)11/h9H,3-8,11H2,1-2H3,(H,12,13). The molecule has 0 aromatic heterocycles. The smallest absolute Gasteiger partial charge is 0.219 e. The van der Waals surface area contributed by atoms with E-state index in [0.717, 1.165) is 32.2 Å². The van der Waals surface area contributed by atoms with Gasteiger partial charge in [0, 0.05) is 19.0 Å². The van der Waals surface area contributed by atoms with Gasteiger partial charge >= 0.3 is 0 Å². The normalized spacial score (nSPS) is 12.5. The molecule has 0 rings (SSSR count). The van der Waals surface area contributed by atoms with Crippen molar-refractivity contribution < 1.29 is 4.79 Å². The summed E-state index contributed by atoms with van der Waals surface area (Å²) in [7, 11) is 0. The SMILES string of the molecule is CCCCNC(=O)CCCC(C)N.